The van der Waals surface area contributed by atoms with E-state index in [4.69, 9.17) is 0 Å². The lowest BCUT2D eigenvalue weighted by molar-refractivity contribution is 0.401. The van der Waals surface area contributed by atoms with E-state index in [1.165, 1.54) is 12.1 Å². The number of phenols is 4. The van der Waals surface area contributed by atoms with Crippen LogP contribution in [0, 0.1) is 0 Å². The smallest absolute Gasteiger partial charge is 0.265 e. The van der Waals surface area contributed by atoms with E-state index < -0.39 is 33.0 Å². The molecule has 0 aliphatic carbocycles. The third-order valence-electron chi connectivity index (χ3n) is 4.49. The molecule has 138 valence electrons. The number of nitrogens with zero attached hydrogens (tertiary/aromatic N) is 1. The van der Waals surface area contributed by atoms with Gasteiger partial charge in [-0.1, -0.05) is 30.3 Å². The van der Waals surface area contributed by atoms with E-state index in [-0.39, 0.29) is 28.3 Å². The molecule has 0 saturated carbocycles. The Labute approximate surface area is 155 Å². The van der Waals surface area contributed by atoms with Crippen molar-refractivity contribution in [1.29, 1.82) is 0 Å². The Balaban J connectivity index is 2.03. The highest BCUT2D eigenvalue weighted by molar-refractivity contribution is 7.93. The number of fused-ring (bicyclic) bond motifs is 3. The van der Waals surface area contributed by atoms with Crippen molar-refractivity contribution in [3.8, 4) is 34.1 Å². The molecule has 0 atom stereocenters. The highest BCUT2D eigenvalue weighted by Gasteiger charge is 2.38. The number of hydrogen-bond acceptors (Lipinski definition) is 6. The van der Waals surface area contributed by atoms with Crippen LogP contribution in [0.25, 0.3) is 11.1 Å². The van der Waals surface area contributed by atoms with Crippen LogP contribution in [0.15, 0.2) is 59.5 Å². The molecule has 1 aliphatic heterocycles. The second-order valence-corrected chi connectivity index (χ2v) is 7.99. The van der Waals surface area contributed by atoms with Crippen LogP contribution >= 0.6 is 0 Å². The number of aromatic hydroxyl groups is 4. The Morgan fingerprint density at radius 2 is 1.48 bits per heavy atom. The molecule has 0 amide bonds. The molecular weight excluding hydrogens is 370 g/mol. The standard InChI is InChI=1S/C19H15NO6S/c21-14-7-6-13-18(19(14)24)12-8-15(22)16(23)9-17(12)27(25,26)20(13)10-11-4-2-1-3-5-11/h1-9,21-24H,10H2. The van der Waals surface area contributed by atoms with Gasteiger partial charge in [0.25, 0.3) is 10.0 Å². The van der Waals surface area contributed by atoms with Crippen molar-refractivity contribution in [3.63, 3.8) is 0 Å². The monoisotopic (exact) mass is 385 g/mol. The second-order valence-electron chi connectivity index (χ2n) is 6.16. The molecule has 7 nitrogen and oxygen atoms in total. The largest absolute Gasteiger partial charge is 0.504 e. The van der Waals surface area contributed by atoms with Gasteiger partial charge in [0.05, 0.1) is 22.7 Å². The molecule has 1 aliphatic rings. The van der Waals surface area contributed by atoms with Crippen molar-refractivity contribution in [2.75, 3.05) is 4.31 Å². The summed E-state index contributed by atoms with van der Waals surface area (Å²) in [5.74, 6) is -2.06. The zero-order valence-corrected chi connectivity index (χ0v) is 14.7. The van der Waals surface area contributed by atoms with Gasteiger partial charge in [0.2, 0.25) is 0 Å². The van der Waals surface area contributed by atoms with Crippen molar-refractivity contribution < 1.29 is 28.8 Å². The highest BCUT2D eigenvalue weighted by Crippen LogP contribution is 2.52. The van der Waals surface area contributed by atoms with E-state index in [0.717, 1.165) is 16.4 Å². The van der Waals surface area contributed by atoms with Gasteiger partial charge in [-0.15, -0.1) is 0 Å². The summed E-state index contributed by atoms with van der Waals surface area (Å²) >= 11 is 0. The predicted molar refractivity (Wildman–Crippen MR) is 98.3 cm³/mol. The molecule has 0 unspecified atom stereocenters. The Bertz CT molecular complexity index is 1160. The van der Waals surface area contributed by atoms with E-state index >= 15 is 0 Å². The fourth-order valence-corrected chi connectivity index (χ4v) is 4.84. The van der Waals surface area contributed by atoms with Crippen LogP contribution in [0.4, 0.5) is 5.69 Å². The van der Waals surface area contributed by atoms with Gasteiger partial charge < -0.3 is 20.4 Å². The first-order chi connectivity index (χ1) is 12.8. The van der Waals surface area contributed by atoms with Crippen molar-refractivity contribution in [1.82, 2.24) is 0 Å². The van der Waals surface area contributed by atoms with Gasteiger partial charge in [-0.3, -0.25) is 4.31 Å². The Hall–Kier alpha value is -3.39. The summed E-state index contributed by atoms with van der Waals surface area (Å²) in [6.07, 6.45) is 0. The van der Waals surface area contributed by atoms with E-state index in [1.807, 2.05) is 6.07 Å². The zero-order chi connectivity index (χ0) is 19.3. The van der Waals surface area contributed by atoms with E-state index in [2.05, 4.69) is 0 Å². The van der Waals surface area contributed by atoms with Gasteiger partial charge in [0.1, 0.15) is 0 Å². The molecule has 0 spiro atoms. The molecular formula is C19H15NO6S. The molecule has 3 aromatic rings. The van der Waals surface area contributed by atoms with Crippen LogP contribution in [0.3, 0.4) is 0 Å². The predicted octanol–water partition coefficient (Wildman–Crippen LogP) is 2.88. The van der Waals surface area contributed by atoms with E-state index in [1.54, 1.807) is 24.3 Å². The average molecular weight is 385 g/mol. The minimum atomic E-state index is -4.09. The molecule has 0 fully saturated rings. The number of sulfonamides is 1. The lowest BCUT2D eigenvalue weighted by atomic mass is 10.0. The van der Waals surface area contributed by atoms with Crippen LogP contribution in [0.1, 0.15) is 5.56 Å². The summed E-state index contributed by atoms with van der Waals surface area (Å²) in [6, 6.07) is 13.5. The van der Waals surface area contributed by atoms with Crippen LogP contribution in [0.2, 0.25) is 0 Å². The third kappa shape index (κ3) is 2.53. The first-order valence-corrected chi connectivity index (χ1v) is 9.42. The molecule has 4 N–H and O–H groups in total. The summed E-state index contributed by atoms with van der Waals surface area (Å²) in [5.41, 5.74) is 0.932. The van der Waals surface area contributed by atoms with E-state index in [9.17, 15) is 28.8 Å². The maximum atomic E-state index is 13.2. The molecule has 4 rings (SSSR count). The molecule has 0 saturated heterocycles. The van der Waals surface area contributed by atoms with E-state index in [0.29, 0.717) is 5.56 Å². The van der Waals surface area contributed by atoms with Crippen LogP contribution in [-0.4, -0.2) is 28.8 Å². The fourth-order valence-electron chi connectivity index (χ4n) is 3.18. The van der Waals surface area contributed by atoms with Gasteiger partial charge >= 0.3 is 0 Å². The first kappa shape index (κ1) is 17.0. The maximum absolute atomic E-state index is 13.2. The van der Waals surface area contributed by atoms with Crippen LogP contribution in [-0.2, 0) is 16.6 Å². The van der Waals surface area contributed by atoms with Crippen molar-refractivity contribution in [3.05, 3.63) is 60.2 Å². The Kier molecular flexibility index (Phi) is 3.67. The number of hydrogen-bond donors (Lipinski definition) is 4. The van der Waals surface area contributed by atoms with Crippen molar-refractivity contribution >= 4 is 15.7 Å². The molecule has 27 heavy (non-hydrogen) atoms. The maximum Gasteiger partial charge on any atom is 0.265 e. The normalized spacial score (nSPS) is 14.4. The molecule has 8 heteroatoms. The summed E-state index contributed by atoms with van der Waals surface area (Å²) in [5, 5.41) is 39.9. The summed E-state index contributed by atoms with van der Waals surface area (Å²) in [6.45, 7) is -0.0124. The van der Waals surface area contributed by atoms with Crippen molar-refractivity contribution in [2.24, 2.45) is 0 Å². The Morgan fingerprint density at radius 3 is 2.19 bits per heavy atom. The topological polar surface area (TPSA) is 118 Å². The molecule has 0 radical (unpaired) electrons. The highest BCUT2D eigenvalue weighted by atomic mass is 32.2. The van der Waals surface area contributed by atoms with Gasteiger partial charge in [-0.05, 0) is 23.8 Å². The quantitative estimate of drug-likeness (QED) is 0.504. The molecule has 1 heterocycles. The van der Waals surface area contributed by atoms with Gasteiger partial charge in [0, 0.05) is 11.6 Å². The lowest BCUT2D eigenvalue weighted by Gasteiger charge is -2.32. The minimum absolute atomic E-state index is 0.00184. The summed E-state index contributed by atoms with van der Waals surface area (Å²) < 4.78 is 27.5. The van der Waals surface area contributed by atoms with Gasteiger partial charge in [0.15, 0.2) is 23.0 Å². The summed E-state index contributed by atoms with van der Waals surface area (Å²) in [4.78, 5) is -0.276. The van der Waals surface area contributed by atoms with Gasteiger partial charge in [-0.2, -0.15) is 0 Å². The second kappa shape index (κ2) is 5.82. The third-order valence-corrected chi connectivity index (χ3v) is 6.29. The van der Waals surface area contributed by atoms with Gasteiger partial charge in [-0.25, -0.2) is 8.42 Å². The minimum Gasteiger partial charge on any atom is -0.504 e. The fraction of sp³-hybridized carbons (Fsp3) is 0.0526. The number of rotatable bonds is 2. The number of anilines is 1. The molecule has 3 aromatic carbocycles. The van der Waals surface area contributed by atoms with Crippen LogP contribution in [0.5, 0.6) is 23.0 Å². The number of benzene rings is 3. The van der Waals surface area contributed by atoms with Crippen molar-refractivity contribution in [2.45, 2.75) is 11.4 Å². The average Bonchev–Trinajstić information content (AvgIpc) is 2.64. The Morgan fingerprint density at radius 1 is 0.815 bits per heavy atom. The lowest BCUT2D eigenvalue weighted by Crippen LogP contribution is -2.33. The zero-order valence-electron chi connectivity index (χ0n) is 13.9. The summed E-state index contributed by atoms with van der Waals surface area (Å²) in [7, 11) is -4.09. The molecule has 0 bridgehead atoms. The van der Waals surface area contributed by atoms with Crippen LogP contribution < -0.4 is 4.31 Å². The first-order valence-electron chi connectivity index (χ1n) is 7.98. The molecule has 0 aromatic heterocycles. The SMILES string of the molecule is O=S1(=O)c2cc(O)c(O)cc2-c2c(ccc(O)c2O)N1Cc1ccccc1. The number of phenolic OH excluding ortho intramolecular Hbond substituents is 4.